The summed E-state index contributed by atoms with van der Waals surface area (Å²) in [6.45, 7) is 6.68. The van der Waals surface area contributed by atoms with Crippen LogP contribution in [0.3, 0.4) is 0 Å². The number of quaternary nitrogens is 1. The van der Waals surface area contributed by atoms with E-state index in [4.69, 9.17) is 4.74 Å². The van der Waals surface area contributed by atoms with E-state index < -0.39 is 0 Å². The SMILES string of the molecule is O=C1CCCN1Cc1cccc(C(=O)N2CC[NH+](Cc3ccc4c(c3)CCO4)CC2)c1. The van der Waals surface area contributed by atoms with E-state index in [0.29, 0.717) is 13.0 Å². The number of nitrogens with zero attached hydrogens (tertiary/aromatic N) is 2. The first-order chi connectivity index (χ1) is 15.2. The summed E-state index contributed by atoms with van der Waals surface area (Å²) in [6, 6.07) is 14.3. The molecule has 2 aromatic carbocycles. The molecule has 2 saturated heterocycles. The van der Waals surface area contributed by atoms with Gasteiger partial charge in [-0.15, -0.1) is 0 Å². The predicted molar refractivity (Wildman–Crippen MR) is 117 cm³/mol. The Morgan fingerprint density at radius 3 is 2.68 bits per heavy atom. The Hall–Kier alpha value is -2.86. The quantitative estimate of drug-likeness (QED) is 0.793. The van der Waals surface area contributed by atoms with Crippen LogP contribution < -0.4 is 9.64 Å². The fraction of sp³-hybridized carbons (Fsp3) is 0.440. The molecule has 0 saturated carbocycles. The maximum atomic E-state index is 13.1. The molecule has 1 N–H and O–H groups in total. The zero-order valence-electron chi connectivity index (χ0n) is 17.9. The summed E-state index contributed by atoms with van der Waals surface area (Å²) in [5, 5.41) is 0. The molecule has 6 nitrogen and oxygen atoms in total. The Bertz CT molecular complexity index is 982. The smallest absolute Gasteiger partial charge is 0.254 e. The van der Waals surface area contributed by atoms with Crippen molar-refractivity contribution in [2.45, 2.75) is 32.4 Å². The summed E-state index contributed by atoms with van der Waals surface area (Å²) in [7, 11) is 0. The average molecular weight is 421 g/mol. The predicted octanol–water partition coefficient (Wildman–Crippen LogP) is 1.28. The van der Waals surface area contributed by atoms with Crippen LogP contribution in [0.5, 0.6) is 5.75 Å². The molecule has 2 fully saturated rings. The van der Waals surface area contributed by atoms with Gasteiger partial charge in [-0.3, -0.25) is 9.59 Å². The number of carbonyl (C=O) groups is 2. The minimum atomic E-state index is 0.100. The van der Waals surface area contributed by atoms with Gasteiger partial charge in [0.2, 0.25) is 5.91 Å². The van der Waals surface area contributed by atoms with Crippen molar-refractivity contribution in [1.82, 2.24) is 9.80 Å². The monoisotopic (exact) mass is 420 g/mol. The van der Waals surface area contributed by atoms with E-state index in [2.05, 4.69) is 18.2 Å². The average Bonchev–Trinajstić information content (AvgIpc) is 3.42. The van der Waals surface area contributed by atoms with Crippen molar-refractivity contribution >= 4 is 11.8 Å². The van der Waals surface area contributed by atoms with Crippen LogP contribution in [0.4, 0.5) is 0 Å². The molecule has 0 aromatic heterocycles. The minimum absolute atomic E-state index is 0.100. The molecule has 31 heavy (non-hydrogen) atoms. The van der Waals surface area contributed by atoms with Crippen molar-refractivity contribution in [3.8, 4) is 5.75 Å². The van der Waals surface area contributed by atoms with Gasteiger partial charge in [0.1, 0.15) is 12.3 Å². The van der Waals surface area contributed by atoms with Crippen LogP contribution in [0.25, 0.3) is 0 Å². The van der Waals surface area contributed by atoms with E-state index in [1.807, 2.05) is 34.1 Å². The van der Waals surface area contributed by atoms with Gasteiger partial charge in [0.15, 0.2) is 0 Å². The van der Waals surface area contributed by atoms with E-state index in [0.717, 1.165) is 75.6 Å². The highest BCUT2D eigenvalue weighted by molar-refractivity contribution is 5.94. The first kappa shape index (κ1) is 20.1. The van der Waals surface area contributed by atoms with Gasteiger partial charge < -0.3 is 19.4 Å². The number of hydrogen-bond donors (Lipinski definition) is 1. The van der Waals surface area contributed by atoms with Crippen molar-refractivity contribution in [1.29, 1.82) is 0 Å². The highest BCUT2D eigenvalue weighted by Crippen LogP contribution is 2.25. The number of fused-ring (bicyclic) bond motifs is 1. The second-order valence-corrected chi connectivity index (χ2v) is 8.88. The lowest BCUT2D eigenvalue weighted by atomic mass is 10.1. The topological polar surface area (TPSA) is 54.3 Å². The number of piperazine rings is 1. The molecule has 3 heterocycles. The Labute approximate surface area is 183 Å². The van der Waals surface area contributed by atoms with Crippen LogP contribution >= 0.6 is 0 Å². The van der Waals surface area contributed by atoms with Gasteiger partial charge in [0.25, 0.3) is 5.91 Å². The van der Waals surface area contributed by atoms with E-state index in [-0.39, 0.29) is 11.8 Å². The van der Waals surface area contributed by atoms with Gasteiger partial charge in [-0.25, -0.2) is 0 Å². The van der Waals surface area contributed by atoms with Crippen LogP contribution in [0, 0.1) is 0 Å². The molecule has 2 amide bonds. The summed E-state index contributed by atoms with van der Waals surface area (Å²) in [5.41, 5.74) is 4.43. The van der Waals surface area contributed by atoms with E-state index >= 15 is 0 Å². The number of nitrogens with one attached hydrogen (secondary N) is 1. The summed E-state index contributed by atoms with van der Waals surface area (Å²) < 4.78 is 5.61. The Balaban J connectivity index is 1.16. The number of hydrogen-bond acceptors (Lipinski definition) is 3. The third-order valence-electron chi connectivity index (χ3n) is 6.68. The number of carbonyl (C=O) groups excluding carboxylic acids is 2. The molecule has 5 rings (SSSR count). The van der Waals surface area contributed by atoms with Crippen molar-refractivity contribution in [2.75, 3.05) is 39.3 Å². The summed E-state index contributed by atoms with van der Waals surface area (Å²) in [6.07, 6.45) is 2.58. The van der Waals surface area contributed by atoms with Crippen LogP contribution in [0.15, 0.2) is 42.5 Å². The molecule has 3 aliphatic rings. The van der Waals surface area contributed by atoms with Crippen LogP contribution in [0.2, 0.25) is 0 Å². The van der Waals surface area contributed by atoms with Crippen LogP contribution in [-0.2, 0) is 24.3 Å². The molecular weight excluding hydrogens is 390 g/mol. The highest BCUT2D eigenvalue weighted by Gasteiger charge is 2.26. The number of rotatable bonds is 5. The Kier molecular flexibility index (Phi) is 5.64. The summed E-state index contributed by atoms with van der Waals surface area (Å²) in [5.74, 6) is 1.35. The number of benzene rings is 2. The Morgan fingerprint density at radius 2 is 1.87 bits per heavy atom. The molecule has 0 unspecified atom stereocenters. The van der Waals surface area contributed by atoms with E-state index in [9.17, 15) is 9.59 Å². The fourth-order valence-electron chi connectivity index (χ4n) is 4.92. The largest absolute Gasteiger partial charge is 0.493 e. The first-order valence-electron chi connectivity index (χ1n) is 11.4. The highest BCUT2D eigenvalue weighted by atomic mass is 16.5. The van der Waals surface area contributed by atoms with Crippen molar-refractivity contribution < 1.29 is 19.2 Å². The van der Waals surface area contributed by atoms with Gasteiger partial charge in [-0.1, -0.05) is 12.1 Å². The molecule has 0 spiro atoms. The van der Waals surface area contributed by atoms with Gasteiger partial charge in [-0.05, 0) is 47.9 Å². The minimum Gasteiger partial charge on any atom is -0.493 e. The molecular formula is C25H30N3O3+. The van der Waals surface area contributed by atoms with Crippen molar-refractivity contribution in [3.05, 3.63) is 64.7 Å². The molecule has 3 aliphatic heterocycles. The molecule has 162 valence electrons. The lowest BCUT2D eigenvalue weighted by molar-refractivity contribution is -0.917. The molecule has 2 aromatic rings. The van der Waals surface area contributed by atoms with Crippen molar-refractivity contribution in [2.24, 2.45) is 0 Å². The summed E-state index contributed by atoms with van der Waals surface area (Å²) >= 11 is 0. The molecule has 0 aliphatic carbocycles. The van der Waals surface area contributed by atoms with Gasteiger partial charge in [0, 0.05) is 37.1 Å². The maximum absolute atomic E-state index is 13.1. The first-order valence-corrected chi connectivity index (χ1v) is 11.4. The third kappa shape index (κ3) is 4.44. The summed E-state index contributed by atoms with van der Waals surface area (Å²) in [4.78, 5) is 30.3. The second kappa shape index (κ2) is 8.71. The van der Waals surface area contributed by atoms with Gasteiger partial charge in [0.05, 0.1) is 32.8 Å². The van der Waals surface area contributed by atoms with Gasteiger partial charge in [-0.2, -0.15) is 0 Å². The lowest BCUT2D eigenvalue weighted by Crippen LogP contribution is -3.13. The zero-order chi connectivity index (χ0) is 21.2. The fourth-order valence-corrected chi connectivity index (χ4v) is 4.92. The molecule has 0 radical (unpaired) electrons. The third-order valence-corrected chi connectivity index (χ3v) is 6.68. The van der Waals surface area contributed by atoms with E-state index in [1.54, 1.807) is 0 Å². The molecule has 0 bridgehead atoms. The normalized spacial score (nSPS) is 18.9. The zero-order valence-corrected chi connectivity index (χ0v) is 17.9. The standard InChI is InChI=1S/C25H29N3O3/c29-24-5-2-9-28(24)18-19-3-1-4-22(16-19)25(30)27-12-10-26(11-13-27)17-20-6-7-23-21(15-20)8-14-31-23/h1,3-4,6-7,15-16H,2,5,8-14,17-18H2/p+1. The van der Waals surface area contributed by atoms with Crippen LogP contribution in [0.1, 0.15) is 39.9 Å². The Morgan fingerprint density at radius 1 is 1.00 bits per heavy atom. The number of amides is 2. The van der Waals surface area contributed by atoms with Crippen molar-refractivity contribution in [3.63, 3.8) is 0 Å². The second-order valence-electron chi connectivity index (χ2n) is 8.88. The van der Waals surface area contributed by atoms with E-state index in [1.165, 1.54) is 16.0 Å². The van der Waals surface area contributed by atoms with Gasteiger partial charge >= 0.3 is 0 Å². The van der Waals surface area contributed by atoms with Crippen LogP contribution in [-0.4, -0.2) is 60.9 Å². The molecule has 6 heteroatoms. The lowest BCUT2D eigenvalue weighted by Gasteiger charge is -2.32. The molecule has 0 atom stereocenters. The maximum Gasteiger partial charge on any atom is 0.254 e. The number of likely N-dealkylation sites (tertiary alicyclic amines) is 1. The number of ether oxygens (including phenoxy) is 1.